The zero-order valence-corrected chi connectivity index (χ0v) is 19.7. The minimum atomic E-state index is -4.63. The zero-order chi connectivity index (χ0) is 26.8. The van der Waals surface area contributed by atoms with Gasteiger partial charge in [0.25, 0.3) is 0 Å². The van der Waals surface area contributed by atoms with Crippen molar-refractivity contribution < 1.29 is 31.1 Å². The van der Waals surface area contributed by atoms with Gasteiger partial charge in [0.15, 0.2) is 11.5 Å². The lowest BCUT2D eigenvalue weighted by Gasteiger charge is -2.17. The van der Waals surface area contributed by atoms with Crippen molar-refractivity contribution in [3.05, 3.63) is 71.7 Å². The standard InChI is InChI=1S/C25H21F6N5O/c1-3-37-13-20-35-22(33-16-8-6-15(7-9-16)14(2)24(26,27)28)17-10-11-19(34-23(17)36-20)21-18(25(29,30)31)5-4-12-32-21/h4-12,14H,3,13H2,1-2H3,(H,33,34,35,36). The molecule has 4 aromatic rings. The van der Waals surface area contributed by atoms with Gasteiger partial charge in [0, 0.05) is 18.5 Å². The van der Waals surface area contributed by atoms with Crippen molar-refractivity contribution in [3.63, 3.8) is 0 Å². The van der Waals surface area contributed by atoms with Gasteiger partial charge in [0.2, 0.25) is 0 Å². The highest BCUT2D eigenvalue weighted by atomic mass is 19.4. The van der Waals surface area contributed by atoms with Crippen molar-refractivity contribution in [1.29, 1.82) is 0 Å². The molecule has 0 fully saturated rings. The highest BCUT2D eigenvalue weighted by molar-refractivity contribution is 5.90. The van der Waals surface area contributed by atoms with Gasteiger partial charge < -0.3 is 10.1 Å². The molecule has 6 nitrogen and oxygen atoms in total. The van der Waals surface area contributed by atoms with Crippen LogP contribution in [0.4, 0.5) is 37.8 Å². The number of alkyl halides is 6. The van der Waals surface area contributed by atoms with Gasteiger partial charge in [0.05, 0.1) is 22.6 Å². The zero-order valence-electron chi connectivity index (χ0n) is 19.7. The summed E-state index contributed by atoms with van der Waals surface area (Å²) >= 11 is 0. The van der Waals surface area contributed by atoms with Crippen molar-refractivity contribution in [2.75, 3.05) is 11.9 Å². The molecule has 1 aromatic carbocycles. The molecule has 0 bridgehead atoms. The molecular weight excluding hydrogens is 500 g/mol. The van der Waals surface area contributed by atoms with Crippen LogP contribution in [0.25, 0.3) is 22.4 Å². The van der Waals surface area contributed by atoms with E-state index in [1.807, 2.05) is 0 Å². The van der Waals surface area contributed by atoms with E-state index in [0.29, 0.717) is 17.7 Å². The molecule has 37 heavy (non-hydrogen) atoms. The van der Waals surface area contributed by atoms with Crippen molar-refractivity contribution in [2.24, 2.45) is 0 Å². The highest BCUT2D eigenvalue weighted by Crippen LogP contribution is 2.37. The number of hydrogen-bond acceptors (Lipinski definition) is 6. The maximum Gasteiger partial charge on any atom is 0.418 e. The second kappa shape index (κ2) is 10.3. The molecule has 12 heteroatoms. The summed E-state index contributed by atoms with van der Waals surface area (Å²) in [5.41, 5.74) is -0.648. The number of anilines is 2. The Bertz CT molecular complexity index is 1390. The van der Waals surface area contributed by atoms with Gasteiger partial charge >= 0.3 is 12.4 Å². The van der Waals surface area contributed by atoms with E-state index in [9.17, 15) is 26.3 Å². The minimum Gasteiger partial charge on any atom is -0.374 e. The van der Waals surface area contributed by atoms with Crippen LogP contribution >= 0.6 is 0 Å². The summed E-state index contributed by atoms with van der Waals surface area (Å²) in [5, 5.41) is 3.43. The van der Waals surface area contributed by atoms with Gasteiger partial charge in [-0.1, -0.05) is 12.1 Å². The SMILES string of the molecule is CCOCc1nc(Nc2ccc(C(C)C(F)(F)F)cc2)c2ccc(-c3ncccc3C(F)(F)F)nc2n1. The van der Waals surface area contributed by atoms with Crippen molar-refractivity contribution in [2.45, 2.75) is 38.7 Å². The second-order valence-corrected chi connectivity index (χ2v) is 8.10. The second-order valence-electron chi connectivity index (χ2n) is 8.10. The number of halogens is 6. The first-order valence-corrected chi connectivity index (χ1v) is 11.2. The molecule has 0 aliphatic rings. The van der Waals surface area contributed by atoms with E-state index < -0.39 is 23.8 Å². The third-order valence-electron chi connectivity index (χ3n) is 5.56. The van der Waals surface area contributed by atoms with Crippen molar-refractivity contribution >= 4 is 22.5 Å². The Morgan fingerprint density at radius 1 is 0.919 bits per heavy atom. The smallest absolute Gasteiger partial charge is 0.374 e. The first-order chi connectivity index (χ1) is 17.5. The fourth-order valence-electron chi connectivity index (χ4n) is 3.56. The molecule has 1 unspecified atom stereocenters. The summed E-state index contributed by atoms with van der Waals surface area (Å²) in [6.07, 6.45) is -7.75. The van der Waals surface area contributed by atoms with Gasteiger partial charge in [0.1, 0.15) is 18.1 Å². The van der Waals surface area contributed by atoms with Crippen LogP contribution in [-0.4, -0.2) is 32.7 Å². The van der Waals surface area contributed by atoms with E-state index in [1.54, 1.807) is 6.92 Å². The number of hydrogen-bond donors (Lipinski definition) is 1. The normalized spacial score (nSPS) is 13.1. The molecule has 0 aliphatic heterocycles. The van der Waals surface area contributed by atoms with Gasteiger partial charge in [-0.2, -0.15) is 26.3 Å². The van der Waals surface area contributed by atoms with E-state index in [0.717, 1.165) is 13.0 Å². The van der Waals surface area contributed by atoms with Gasteiger partial charge in [-0.15, -0.1) is 0 Å². The highest BCUT2D eigenvalue weighted by Gasteiger charge is 2.37. The maximum atomic E-state index is 13.5. The Hall–Kier alpha value is -3.80. The third kappa shape index (κ3) is 5.96. The van der Waals surface area contributed by atoms with E-state index >= 15 is 0 Å². The molecule has 0 spiro atoms. The van der Waals surface area contributed by atoms with Crippen LogP contribution in [0.3, 0.4) is 0 Å². The topological polar surface area (TPSA) is 72.8 Å². The first kappa shape index (κ1) is 26.3. The average Bonchev–Trinajstić information content (AvgIpc) is 2.86. The van der Waals surface area contributed by atoms with Crippen LogP contribution in [0.15, 0.2) is 54.7 Å². The Labute approximate surface area is 207 Å². The van der Waals surface area contributed by atoms with Crippen molar-refractivity contribution in [3.8, 4) is 11.4 Å². The molecule has 1 N–H and O–H groups in total. The number of nitrogens with one attached hydrogen (secondary N) is 1. The molecule has 194 valence electrons. The summed E-state index contributed by atoms with van der Waals surface area (Å²) < 4.78 is 85.0. The van der Waals surface area contributed by atoms with Gasteiger partial charge in [-0.05, 0) is 55.8 Å². The van der Waals surface area contributed by atoms with Crippen LogP contribution in [-0.2, 0) is 17.5 Å². The molecule has 3 aromatic heterocycles. The predicted octanol–water partition coefficient (Wildman–Crippen LogP) is 7.05. The number of nitrogens with zero attached hydrogens (tertiary/aromatic N) is 4. The number of aromatic nitrogens is 4. The van der Waals surface area contributed by atoms with Crippen LogP contribution in [0.5, 0.6) is 0 Å². The van der Waals surface area contributed by atoms with E-state index in [4.69, 9.17) is 4.74 Å². The number of benzene rings is 1. The van der Waals surface area contributed by atoms with Gasteiger partial charge in [-0.25, -0.2) is 15.0 Å². The Kier molecular flexibility index (Phi) is 7.30. The van der Waals surface area contributed by atoms with E-state index in [-0.39, 0.29) is 40.8 Å². The molecule has 0 radical (unpaired) electrons. The van der Waals surface area contributed by atoms with Crippen LogP contribution in [0.2, 0.25) is 0 Å². The molecule has 3 heterocycles. The largest absolute Gasteiger partial charge is 0.418 e. The van der Waals surface area contributed by atoms with Gasteiger partial charge in [-0.3, -0.25) is 4.98 Å². The number of pyridine rings is 2. The van der Waals surface area contributed by atoms with Crippen LogP contribution in [0.1, 0.15) is 36.7 Å². The summed E-state index contributed by atoms with van der Waals surface area (Å²) in [6.45, 7) is 3.25. The number of rotatable bonds is 7. The van der Waals surface area contributed by atoms with E-state index in [2.05, 4.69) is 25.3 Å². The molecule has 0 amide bonds. The average molecular weight is 521 g/mol. The minimum absolute atomic E-state index is 0.0203. The Morgan fingerprint density at radius 3 is 2.30 bits per heavy atom. The van der Waals surface area contributed by atoms with Crippen LogP contribution < -0.4 is 5.32 Å². The number of fused-ring (bicyclic) bond motifs is 1. The Morgan fingerprint density at radius 2 is 1.65 bits per heavy atom. The van der Waals surface area contributed by atoms with Crippen LogP contribution in [0, 0.1) is 0 Å². The lowest BCUT2D eigenvalue weighted by molar-refractivity contribution is -0.146. The first-order valence-electron chi connectivity index (χ1n) is 11.2. The fourth-order valence-corrected chi connectivity index (χ4v) is 3.56. The lowest BCUT2D eigenvalue weighted by atomic mass is 10.0. The fraction of sp³-hybridized carbons (Fsp3) is 0.280. The summed E-state index contributed by atoms with van der Waals surface area (Å²) in [5.74, 6) is -1.14. The van der Waals surface area contributed by atoms with Crippen molar-refractivity contribution in [1.82, 2.24) is 19.9 Å². The summed E-state index contributed by atoms with van der Waals surface area (Å²) in [4.78, 5) is 17.0. The number of ether oxygens (including phenoxy) is 1. The molecule has 0 aliphatic carbocycles. The quantitative estimate of drug-likeness (QED) is 0.263. The molecule has 0 saturated carbocycles. The lowest BCUT2D eigenvalue weighted by Crippen LogP contribution is -2.17. The molecule has 0 saturated heterocycles. The summed E-state index contributed by atoms with van der Waals surface area (Å²) in [7, 11) is 0. The molecular formula is C25H21F6N5O. The maximum absolute atomic E-state index is 13.5. The predicted molar refractivity (Wildman–Crippen MR) is 125 cm³/mol. The molecule has 4 rings (SSSR count). The summed E-state index contributed by atoms with van der Waals surface area (Å²) in [6, 6.07) is 10.7. The Balaban J connectivity index is 1.75. The molecule has 1 atom stereocenters. The third-order valence-corrected chi connectivity index (χ3v) is 5.56. The monoisotopic (exact) mass is 521 g/mol. The van der Waals surface area contributed by atoms with E-state index in [1.165, 1.54) is 48.7 Å².